The summed E-state index contributed by atoms with van der Waals surface area (Å²) in [5, 5.41) is 0. The van der Waals surface area contributed by atoms with Gasteiger partial charge in [-0.05, 0) is 46.9 Å². The molecule has 1 aromatic rings. The van der Waals surface area contributed by atoms with E-state index in [0.717, 1.165) is 5.69 Å². The molecule has 0 saturated heterocycles. The van der Waals surface area contributed by atoms with Crippen LogP contribution >= 0.6 is 0 Å². The highest BCUT2D eigenvalue weighted by molar-refractivity contribution is 5.51. The number of benzene rings is 1. The summed E-state index contributed by atoms with van der Waals surface area (Å²) in [7, 11) is 0. The van der Waals surface area contributed by atoms with Gasteiger partial charge in [0.25, 0.3) is 0 Å². The molecule has 0 radical (unpaired) electrons. The summed E-state index contributed by atoms with van der Waals surface area (Å²) in [5.74, 6) is 0. The second-order valence-corrected chi connectivity index (χ2v) is 6.07. The Hall–Kier alpha value is -0.980. The topological polar surface area (TPSA) is 26.0 Å². The van der Waals surface area contributed by atoms with Crippen molar-refractivity contribution in [3.8, 4) is 0 Å². The van der Waals surface area contributed by atoms with Crippen molar-refractivity contribution in [2.24, 2.45) is 0 Å². The van der Waals surface area contributed by atoms with Crippen molar-refractivity contribution in [2.75, 3.05) is 5.73 Å². The first-order chi connectivity index (χ1) is 6.83. The van der Waals surface area contributed by atoms with Crippen LogP contribution in [0.3, 0.4) is 0 Å². The number of nitrogens with two attached hydrogens (primary N) is 1. The molecule has 0 bridgehead atoms. The molecular weight excluding hydrogens is 182 g/mol. The molecule has 0 unspecified atom stereocenters. The van der Waals surface area contributed by atoms with Crippen molar-refractivity contribution in [1.82, 2.24) is 0 Å². The summed E-state index contributed by atoms with van der Waals surface area (Å²) in [6.07, 6.45) is 2.51. The van der Waals surface area contributed by atoms with Gasteiger partial charge >= 0.3 is 0 Å². The normalized spacial score (nSPS) is 22.1. The van der Waals surface area contributed by atoms with Gasteiger partial charge in [-0.3, -0.25) is 0 Å². The average Bonchev–Trinajstić information content (AvgIpc) is 2.13. The molecule has 0 fully saturated rings. The maximum Gasteiger partial charge on any atom is 0.0317 e. The molecule has 0 aromatic heterocycles. The van der Waals surface area contributed by atoms with Crippen LogP contribution < -0.4 is 5.73 Å². The lowest BCUT2D eigenvalue weighted by atomic mass is 9.63. The van der Waals surface area contributed by atoms with E-state index < -0.39 is 0 Å². The average molecular weight is 203 g/mol. The van der Waals surface area contributed by atoms with E-state index in [1.807, 2.05) is 6.07 Å². The van der Waals surface area contributed by atoms with Crippen LogP contribution in [0.5, 0.6) is 0 Å². The molecule has 0 amide bonds. The lowest BCUT2D eigenvalue weighted by Crippen LogP contribution is -2.33. The fraction of sp³-hybridized carbons (Fsp3) is 0.571. The van der Waals surface area contributed by atoms with Crippen molar-refractivity contribution >= 4 is 5.69 Å². The van der Waals surface area contributed by atoms with Crippen LogP contribution in [0.25, 0.3) is 0 Å². The van der Waals surface area contributed by atoms with E-state index in [1.165, 1.54) is 24.0 Å². The van der Waals surface area contributed by atoms with Gasteiger partial charge in [-0.1, -0.05) is 33.8 Å². The van der Waals surface area contributed by atoms with E-state index in [9.17, 15) is 0 Å². The van der Waals surface area contributed by atoms with Crippen LogP contribution in [0.15, 0.2) is 18.2 Å². The number of hydrogen-bond donors (Lipinski definition) is 1. The molecule has 1 aliphatic rings. The minimum absolute atomic E-state index is 0.278. The Morgan fingerprint density at radius 2 is 1.47 bits per heavy atom. The van der Waals surface area contributed by atoms with Gasteiger partial charge in [0.15, 0.2) is 0 Å². The van der Waals surface area contributed by atoms with Crippen molar-refractivity contribution < 1.29 is 0 Å². The predicted molar refractivity (Wildman–Crippen MR) is 66.1 cm³/mol. The van der Waals surface area contributed by atoms with E-state index in [0.29, 0.717) is 5.41 Å². The highest BCUT2D eigenvalue weighted by Gasteiger charge is 2.36. The quantitative estimate of drug-likeness (QED) is 0.640. The molecule has 0 atom stereocenters. The van der Waals surface area contributed by atoms with Crippen LogP contribution in [-0.2, 0) is 10.8 Å². The zero-order chi connectivity index (χ0) is 11.3. The maximum atomic E-state index is 5.89. The first-order valence-corrected chi connectivity index (χ1v) is 5.73. The van der Waals surface area contributed by atoms with E-state index in [2.05, 4.69) is 39.8 Å². The zero-order valence-electron chi connectivity index (χ0n) is 10.2. The number of nitrogen functional groups attached to an aromatic ring is 1. The zero-order valence-corrected chi connectivity index (χ0v) is 10.2. The molecule has 0 aliphatic heterocycles. The van der Waals surface area contributed by atoms with Gasteiger partial charge in [0, 0.05) is 5.69 Å². The Morgan fingerprint density at radius 1 is 0.933 bits per heavy atom. The summed E-state index contributed by atoms with van der Waals surface area (Å²) in [6.45, 7) is 9.30. The summed E-state index contributed by atoms with van der Waals surface area (Å²) in [4.78, 5) is 0. The van der Waals surface area contributed by atoms with Crippen LogP contribution in [0, 0.1) is 0 Å². The van der Waals surface area contributed by atoms with Gasteiger partial charge in [0.2, 0.25) is 0 Å². The monoisotopic (exact) mass is 203 g/mol. The molecule has 1 aromatic carbocycles. The van der Waals surface area contributed by atoms with Crippen LogP contribution in [0.1, 0.15) is 51.7 Å². The van der Waals surface area contributed by atoms with Gasteiger partial charge in [-0.15, -0.1) is 0 Å². The molecule has 1 heteroatoms. The summed E-state index contributed by atoms with van der Waals surface area (Å²) < 4.78 is 0. The number of anilines is 1. The van der Waals surface area contributed by atoms with E-state index in [4.69, 9.17) is 5.73 Å². The standard InChI is InChI=1S/C14H21N/c1-13(2)7-8-14(3,4)12-9-10(15)5-6-11(12)13/h5-6,9H,7-8,15H2,1-4H3. The van der Waals surface area contributed by atoms with Crippen molar-refractivity contribution in [1.29, 1.82) is 0 Å². The van der Waals surface area contributed by atoms with E-state index in [-0.39, 0.29) is 5.41 Å². The first kappa shape index (κ1) is 10.5. The van der Waals surface area contributed by atoms with Crippen molar-refractivity contribution in [3.05, 3.63) is 29.3 Å². The highest BCUT2D eigenvalue weighted by Crippen LogP contribution is 2.46. The minimum atomic E-state index is 0.278. The lowest BCUT2D eigenvalue weighted by molar-refractivity contribution is 0.332. The van der Waals surface area contributed by atoms with Gasteiger partial charge in [-0.25, -0.2) is 0 Å². The SMILES string of the molecule is CC1(C)CCC(C)(C)c2cc(N)ccc21. The molecule has 82 valence electrons. The molecular formula is C14H21N. The maximum absolute atomic E-state index is 5.89. The highest BCUT2D eigenvalue weighted by atomic mass is 14.6. The Bertz CT molecular complexity index is 388. The van der Waals surface area contributed by atoms with Gasteiger partial charge < -0.3 is 5.73 Å². The van der Waals surface area contributed by atoms with Gasteiger partial charge in [-0.2, -0.15) is 0 Å². The van der Waals surface area contributed by atoms with E-state index in [1.54, 1.807) is 0 Å². The summed E-state index contributed by atoms with van der Waals surface area (Å²) >= 11 is 0. The molecule has 0 spiro atoms. The molecule has 1 aliphatic carbocycles. The minimum Gasteiger partial charge on any atom is -0.399 e. The fourth-order valence-corrected chi connectivity index (χ4v) is 2.61. The number of rotatable bonds is 0. The van der Waals surface area contributed by atoms with Crippen LogP contribution in [0.2, 0.25) is 0 Å². The number of fused-ring (bicyclic) bond motifs is 1. The van der Waals surface area contributed by atoms with Crippen molar-refractivity contribution in [3.63, 3.8) is 0 Å². The lowest BCUT2D eigenvalue weighted by Gasteiger charge is -2.41. The molecule has 0 saturated carbocycles. The third kappa shape index (κ3) is 1.64. The number of hydrogen-bond acceptors (Lipinski definition) is 1. The second-order valence-electron chi connectivity index (χ2n) is 6.07. The molecule has 2 N–H and O–H groups in total. The summed E-state index contributed by atoms with van der Waals surface area (Å²) in [5.41, 5.74) is 10.3. The Kier molecular flexibility index (Phi) is 2.11. The predicted octanol–water partition coefficient (Wildman–Crippen LogP) is 3.62. The van der Waals surface area contributed by atoms with Gasteiger partial charge in [0.1, 0.15) is 0 Å². The molecule has 15 heavy (non-hydrogen) atoms. The van der Waals surface area contributed by atoms with Gasteiger partial charge in [0.05, 0.1) is 0 Å². The van der Waals surface area contributed by atoms with Crippen LogP contribution in [-0.4, -0.2) is 0 Å². The largest absolute Gasteiger partial charge is 0.399 e. The Labute approximate surface area is 92.7 Å². The van der Waals surface area contributed by atoms with Crippen LogP contribution in [0.4, 0.5) is 5.69 Å². The Morgan fingerprint density at radius 3 is 2.07 bits per heavy atom. The first-order valence-electron chi connectivity index (χ1n) is 5.73. The summed E-state index contributed by atoms with van der Waals surface area (Å²) in [6, 6.07) is 6.41. The Balaban J connectivity index is 2.64. The third-order valence-corrected chi connectivity index (χ3v) is 3.88. The van der Waals surface area contributed by atoms with E-state index >= 15 is 0 Å². The molecule has 1 nitrogen and oxygen atoms in total. The fourth-order valence-electron chi connectivity index (χ4n) is 2.61. The smallest absolute Gasteiger partial charge is 0.0317 e. The third-order valence-electron chi connectivity index (χ3n) is 3.88. The molecule has 2 rings (SSSR count). The molecule has 0 heterocycles. The van der Waals surface area contributed by atoms with Crippen molar-refractivity contribution in [2.45, 2.75) is 51.4 Å². The second kappa shape index (κ2) is 3.01.